The van der Waals surface area contributed by atoms with Gasteiger partial charge in [0.2, 0.25) is 10.0 Å². The molecule has 2 N–H and O–H groups in total. The summed E-state index contributed by atoms with van der Waals surface area (Å²) in [5, 5.41) is 4.96. The minimum atomic E-state index is -3.54. The van der Waals surface area contributed by atoms with Crippen molar-refractivity contribution < 1.29 is 18.1 Å². The second-order valence-corrected chi connectivity index (χ2v) is 9.88. The molecule has 1 saturated heterocycles. The topological polar surface area (TPSA) is 70.9 Å². The zero-order valence-electron chi connectivity index (χ0n) is 16.3. The van der Waals surface area contributed by atoms with E-state index in [1.54, 1.807) is 35.6 Å². The number of nitrogens with zero attached hydrogens (tertiary/aromatic N) is 1. The van der Waals surface area contributed by atoms with Crippen LogP contribution in [0.3, 0.4) is 0 Å². The first-order chi connectivity index (χ1) is 13.5. The highest BCUT2D eigenvalue weighted by atomic mass is 32.2. The second-order valence-electron chi connectivity index (χ2n) is 6.96. The van der Waals surface area contributed by atoms with Gasteiger partial charge in [-0.05, 0) is 29.6 Å². The average molecular weight is 423 g/mol. The van der Waals surface area contributed by atoms with Crippen molar-refractivity contribution in [2.75, 3.05) is 31.5 Å². The number of carbonyl (C=O) groups is 1. The Bertz CT molecular complexity index is 893. The van der Waals surface area contributed by atoms with E-state index in [4.69, 9.17) is 0 Å². The van der Waals surface area contributed by atoms with Gasteiger partial charge in [0, 0.05) is 31.6 Å². The molecule has 0 radical (unpaired) electrons. The molecule has 2 heterocycles. The molecule has 3 rings (SSSR count). The molecule has 2 atom stereocenters. The summed E-state index contributed by atoms with van der Waals surface area (Å²) in [6, 6.07) is 11.1. The van der Waals surface area contributed by atoms with Crippen molar-refractivity contribution >= 4 is 33.0 Å². The molecule has 1 aliphatic heterocycles. The van der Waals surface area contributed by atoms with Crippen LogP contribution >= 0.6 is 11.3 Å². The zero-order chi connectivity index (χ0) is 20.1. The summed E-state index contributed by atoms with van der Waals surface area (Å²) in [6.07, 6.45) is 2.21. The number of rotatable bonds is 8. The van der Waals surface area contributed by atoms with Crippen molar-refractivity contribution in [1.29, 1.82) is 0 Å². The molecule has 1 fully saturated rings. The maximum atomic E-state index is 12.7. The van der Waals surface area contributed by atoms with E-state index in [0.717, 1.165) is 19.4 Å². The fourth-order valence-corrected chi connectivity index (χ4v) is 6.24. The third-order valence-electron chi connectivity index (χ3n) is 5.22. The normalized spacial score (nSPS) is 19.8. The fraction of sp³-hybridized carbons (Fsp3) is 0.450. The van der Waals surface area contributed by atoms with E-state index >= 15 is 0 Å². The molecule has 0 saturated carbocycles. The van der Waals surface area contributed by atoms with Crippen LogP contribution in [0.4, 0.5) is 5.69 Å². The maximum Gasteiger partial charge on any atom is 0.279 e. The summed E-state index contributed by atoms with van der Waals surface area (Å²) in [7, 11) is -3.54. The van der Waals surface area contributed by atoms with Crippen LogP contribution in [0.2, 0.25) is 0 Å². The molecule has 1 aromatic carbocycles. The summed E-state index contributed by atoms with van der Waals surface area (Å²) < 4.78 is 26.8. The lowest BCUT2D eigenvalue weighted by atomic mass is 10.2. The molecule has 6 nitrogen and oxygen atoms in total. The number of amides is 1. The molecule has 0 bridgehead atoms. The summed E-state index contributed by atoms with van der Waals surface area (Å²) in [6.45, 7) is 5.82. The van der Waals surface area contributed by atoms with Gasteiger partial charge in [-0.1, -0.05) is 26.0 Å². The van der Waals surface area contributed by atoms with Crippen molar-refractivity contribution in [3.8, 4) is 0 Å². The van der Waals surface area contributed by atoms with Crippen molar-refractivity contribution in [1.82, 2.24) is 4.31 Å². The molecule has 8 heteroatoms. The molecule has 1 unspecified atom stereocenters. The fourth-order valence-electron chi connectivity index (χ4n) is 3.81. The van der Waals surface area contributed by atoms with Crippen LogP contribution < -0.4 is 10.2 Å². The lowest BCUT2D eigenvalue weighted by Crippen LogP contribution is -3.11. The van der Waals surface area contributed by atoms with Gasteiger partial charge >= 0.3 is 0 Å². The van der Waals surface area contributed by atoms with Crippen molar-refractivity contribution in [2.24, 2.45) is 0 Å². The van der Waals surface area contributed by atoms with E-state index in [-0.39, 0.29) is 10.8 Å². The van der Waals surface area contributed by atoms with E-state index in [1.807, 2.05) is 13.8 Å². The Kier molecular flexibility index (Phi) is 6.87. The molecule has 1 amide bonds. The minimum absolute atomic E-state index is 0.0872. The Balaban J connectivity index is 1.68. The standard InChI is InChI=1S/C20H27N3O3S2/c1-3-23(4-2)28(25,26)17-9-5-8-16(14-17)21-20(24)15-22-12-6-10-18(22)19-11-7-13-27-19/h5,7-9,11,13-14,18H,3-4,6,10,12,15H2,1-2H3,(H,21,24)/p+1/t18-/m1/s1. The molecule has 152 valence electrons. The van der Waals surface area contributed by atoms with Crippen LogP contribution in [0.5, 0.6) is 0 Å². The first-order valence-electron chi connectivity index (χ1n) is 9.73. The lowest BCUT2D eigenvalue weighted by Gasteiger charge is -2.20. The highest BCUT2D eigenvalue weighted by Gasteiger charge is 2.32. The average Bonchev–Trinajstić information content (AvgIpc) is 3.34. The van der Waals surface area contributed by atoms with Crippen molar-refractivity contribution in [2.45, 2.75) is 37.6 Å². The Morgan fingerprint density at radius 1 is 1.25 bits per heavy atom. The summed E-state index contributed by atoms with van der Waals surface area (Å²) in [5.74, 6) is -0.0872. The largest absolute Gasteiger partial charge is 0.321 e. The van der Waals surface area contributed by atoms with Gasteiger partial charge in [0.25, 0.3) is 5.91 Å². The predicted molar refractivity (Wildman–Crippen MR) is 112 cm³/mol. The van der Waals surface area contributed by atoms with Crippen LogP contribution in [0.15, 0.2) is 46.7 Å². The summed E-state index contributed by atoms with van der Waals surface area (Å²) >= 11 is 1.74. The number of likely N-dealkylation sites (tertiary alicyclic amines) is 1. The molecule has 2 aromatic rings. The van der Waals surface area contributed by atoms with Gasteiger partial charge < -0.3 is 10.2 Å². The van der Waals surface area contributed by atoms with Gasteiger partial charge in [-0.25, -0.2) is 8.42 Å². The second kappa shape index (κ2) is 9.17. The summed E-state index contributed by atoms with van der Waals surface area (Å²) in [4.78, 5) is 15.4. The number of hydrogen-bond acceptors (Lipinski definition) is 4. The Labute approximate surface area is 171 Å². The number of benzene rings is 1. The van der Waals surface area contributed by atoms with Crippen LogP contribution in [-0.4, -0.2) is 44.8 Å². The summed E-state index contributed by atoms with van der Waals surface area (Å²) in [5.41, 5.74) is 0.518. The van der Waals surface area contributed by atoms with Crippen LogP contribution in [0.1, 0.15) is 37.6 Å². The number of nitrogens with one attached hydrogen (secondary N) is 2. The van der Waals surface area contributed by atoms with Gasteiger partial charge in [-0.3, -0.25) is 4.79 Å². The number of thiophene rings is 1. The SMILES string of the molecule is CCN(CC)S(=O)(=O)c1cccc(NC(=O)C[NH+]2CCC[C@@H]2c2cccs2)c1. The molecule has 0 spiro atoms. The van der Waals surface area contributed by atoms with Crippen LogP contribution in [-0.2, 0) is 14.8 Å². The number of sulfonamides is 1. The highest BCUT2D eigenvalue weighted by molar-refractivity contribution is 7.89. The Morgan fingerprint density at radius 3 is 2.71 bits per heavy atom. The van der Waals surface area contributed by atoms with E-state index in [1.165, 1.54) is 14.1 Å². The van der Waals surface area contributed by atoms with Crippen LogP contribution in [0.25, 0.3) is 0 Å². The van der Waals surface area contributed by atoms with Gasteiger partial charge in [0.15, 0.2) is 6.54 Å². The van der Waals surface area contributed by atoms with Crippen molar-refractivity contribution in [3.63, 3.8) is 0 Å². The first-order valence-corrected chi connectivity index (χ1v) is 12.1. The number of carbonyl (C=O) groups excluding carboxylic acids is 1. The monoisotopic (exact) mass is 422 g/mol. The van der Waals surface area contributed by atoms with Gasteiger partial charge in [0.1, 0.15) is 6.04 Å². The molecular weight excluding hydrogens is 394 g/mol. The molecular formula is C20H28N3O3S2+. The van der Waals surface area contributed by atoms with Gasteiger partial charge in [0.05, 0.1) is 16.3 Å². The van der Waals surface area contributed by atoms with Gasteiger partial charge in [-0.15, -0.1) is 11.3 Å². The van der Waals surface area contributed by atoms with Gasteiger partial charge in [-0.2, -0.15) is 4.31 Å². The van der Waals surface area contributed by atoms with E-state index in [2.05, 4.69) is 22.8 Å². The Morgan fingerprint density at radius 2 is 2.04 bits per heavy atom. The zero-order valence-corrected chi connectivity index (χ0v) is 18.0. The number of hydrogen-bond donors (Lipinski definition) is 2. The van der Waals surface area contributed by atoms with E-state index in [9.17, 15) is 13.2 Å². The third-order valence-corrected chi connectivity index (χ3v) is 8.25. The predicted octanol–water partition coefficient (Wildman–Crippen LogP) is 2.14. The van der Waals surface area contributed by atoms with Crippen molar-refractivity contribution in [3.05, 3.63) is 46.7 Å². The third kappa shape index (κ3) is 4.63. The Hall–Kier alpha value is -1.74. The lowest BCUT2D eigenvalue weighted by molar-refractivity contribution is -0.910. The molecule has 28 heavy (non-hydrogen) atoms. The van der Waals surface area contributed by atoms with Crippen LogP contribution in [0, 0.1) is 0 Å². The molecule has 1 aliphatic rings. The first kappa shape index (κ1) is 21.0. The molecule has 0 aliphatic carbocycles. The molecule has 1 aromatic heterocycles. The quantitative estimate of drug-likeness (QED) is 0.685. The van der Waals surface area contributed by atoms with E-state index in [0.29, 0.717) is 31.4 Å². The smallest absolute Gasteiger partial charge is 0.279 e. The highest BCUT2D eigenvalue weighted by Crippen LogP contribution is 2.23. The number of quaternary nitrogens is 1. The number of anilines is 1. The minimum Gasteiger partial charge on any atom is -0.321 e. The van der Waals surface area contributed by atoms with E-state index < -0.39 is 10.0 Å². The maximum absolute atomic E-state index is 12.7.